The van der Waals surface area contributed by atoms with Crippen LogP contribution >= 0.6 is 0 Å². The number of amides is 1. The van der Waals surface area contributed by atoms with E-state index in [1.165, 1.54) is 5.56 Å². The molecule has 0 saturated carbocycles. The average molecular weight is 334 g/mol. The van der Waals surface area contributed by atoms with Gasteiger partial charge >= 0.3 is 0 Å². The molecule has 1 aliphatic rings. The summed E-state index contributed by atoms with van der Waals surface area (Å²) in [6.45, 7) is 2.29. The van der Waals surface area contributed by atoms with Crippen LogP contribution in [0.4, 0.5) is 0 Å². The van der Waals surface area contributed by atoms with Crippen molar-refractivity contribution in [2.45, 2.75) is 19.4 Å². The highest BCUT2D eigenvalue weighted by Gasteiger charge is 2.23. The Morgan fingerprint density at radius 1 is 1.32 bits per heavy atom. The maximum absolute atomic E-state index is 12.5. The quantitative estimate of drug-likeness (QED) is 0.795. The zero-order valence-corrected chi connectivity index (χ0v) is 13.8. The first-order valence-corrected chi connectivity index (χ1v) is 8.20. The predicted octanol–water partition coefficient (Wildman–Crippen LogP) is 2.31. The Morgan fingerprint density at radius 3 is 3.00 bits per heavy atom. The van der Waals surface area contributed by atoms with E-state index in [1.54, 1.807) is 23.3 Å². The minimum atomic E-state index is -0.146. The second-order valence-electron chi connectivity index (χ2n) is 6.05. The molecule has 6 heteroatoms. The Balaban J connectivity index is 1.42. The number of pyridine rings is 1. The maximum atomic E-state index is 12.5. The summed E-state index contributed by atoms with van der Waals surface area (Å²) >= 11 is 0. The van der Waals surface area contributed by atoms with Crippen molar-refractivity contribution in [2.75, 3.05) is 6.54 Å². The van der Waals surface area contributed by atoms with Crippen molar-refractivity contribution in [2.24, 2.45) is 0 Å². The van der Waals surface area contributed by atoms with Gasteiger partial charge in [-0.3, -0.25) is 9.78 Å². The molecule has 1 amide bonds. The smallest absolute Gasteiger partial charge is 0.254 e. The molecule has 0 spiro atoms. The standard InChI is InChI=1S/C19H18N4O2/c1-13-17(12-23(22-13)15-6-4-8-20-10-15)19(24)21-11-16-9-14-5-2-3-7-18(14)25-16/h2-8,10,12,16H,9,11H2,1H3,(H,21,24). The fraction of sp³-hybridized carbons (Fsp3) is 0.211. The van der Waals surface area contributed by atoms with Gasteiger partial charge in [0.05, 0.1) is 29.7 Å². The van der Waals surface area contributed by atoms with E-state index in [0.29, 0.717) is 17.8 Å². The highest BCUT2D eigenvalue weighted by molar-refractivity contribution is 5.95. The molecule has 4 rings (SSSR count). The number of carbonyl (C=O) groups is 1. The van der Waals surface area contributed by atoms with Crippen LogP contribution in [-0.4, -0.2) is 33.3 Å². The Kier molecular flexibility index (Phi) is 3.93. The summed E-state index contributed by atoms with van der Waals surface area (Å²) < 4.78 is 7.52. The molecule has 1 aliphatic heterocycles. The molecule has 0 bridgehead atoms. The molecule has 1 N–H and O–H groups in total. The maximum Gasteiger partial charge on any atom is 0.254 e. The van der Waals surface area contributed by atoms with E-state index in [9.17, 15) is 4.79 Å². The number of aromatic nitrogens is 3. The largest absolute Gasteiger partial charge is 0.488 e. The molecular weight excluding hydrogens is 316 g/mol. The molecule has 1 unspecified atom stereocenters. The molecule has 2 aromatic heterocycles. The zero-order valence-electron chi connectivity index (χ0n) is 13.8. The van der Waals surface area contributed by atoms with Crippen LogP contribution in [0.3, 0.4) is 0 Å². The fourth-order valence-electron chi connectivity index (χ4n) is 2.97. The number of fused-ring (bicyclic) bond motifs is 1. The van der Waals surface area contributed by atoms with Crippen LogP contribution in [0.2, 0.25) is 0 Å². The molecule has 1 atom stereocenters. The highest BCUT2D eigenvalue weighted by atomic mass is 16.5. The van der Waals surface area contributed by atoms with Gasteiger partial charge in [-0.2, -0.15) is 5.10 Å². The van der Waals surface area contributed by atoms with Gasteiger partial charge in [-0.15, -0.1) is 0 Å². The first kappa shape index (κ1) is 15.4. The normalized spacial score (nSPS) is 15.5. The lowest BCUT2D eigenvalue weighted by Crippen LogP contribution is -2.34. The first-order valence-electron chi connectivity index (χ1n) is 8.20. The van der Waals surface area contributed by atoms with Gasteiger partial charge in [0.25, 0.3) is 5.91 Å². The van der Waals surface area contributed by atoms with Crippen LogP contribution in [0, 0.1) is 6.92 Å². The number of benzene rings is 1. The number of nitrogens with zero attached hydrogens (tertiary/aromatic N) is 3. The second kappa shape index (κ2) is 6.39. The van der Waals surface area contributed by atoms with E-state index in [2.05, 4.69) is 21.5 Å². The topological polar surface area (TPSA) is 69.0 Å². The monoisotopic (exact) mass is 334 g/mol. The number of carbonyl (C=O) groups excluding carboxylic acids is 1. The van der Waals surface area contributed by atoms with Crippen LogP contribution in [0.1, 0.15) is 21.6 Å². The molecule has 6 nitrogen and oxygen atoms in total. The highest BCUT2D eigenvalue weighted by Crippen LogP contribution is 2.27. The lowest BCUT2D eigenvalue weighted by atomic mass is 10.1. The van der Waals surface area contributed by atoms with Gasteiger partial charge < -0.3 is 10.1 Å². The lowest BCUT2D eigenvalue weighted by Gasteiger charge is -2.11. The zero-order chi connectivity index (χ0) is 17.2. The number of ether oxygens (including phenoxy) is 1. The molecule has 25 heavy (non-hydrogen) atoms. The van der Waals surface area contributed by atoms with E-state index in [-0.39, 0.29) is 12.0 Å². The van der Waals surface area contributed by atoms with Crippen molar-refractivity contribution in [3.63, 3.8) is 0 Å². The number of para-hydroxylation sites is 1. The predicted molar refractivity (Wildman–Crippen MR) is 93.0 cm³/mol. The fourth-order valence-corrected chi connectivity index (χ4v) is 2.97. The van der Waals surface area contributed by atoms with E-state index >= 15 is 0 Å². The number of rotatable bonds is 4. The number of aryl methyl sites for hydroxylation is 1. The van der Waals surface area contributed by atoms with E-state index in [0.717, 1.165) is 17.9 Å². The van der Waals surface area contributed by atoms with Crippen LogP contribution in [0.5, 0.6) is 5.75 Å². The molecular formula is C19H18N4O2. The summed E-state index contributed by atoms with van der Waals surface area (Å²) in [5, 5.41) is 7.35. The summed E-state index contributed by atoms with van der Waals surface area (Å²) in [5.74, 6) is 0.759. The van der Waals surface area contributed by atoms with Crippen LogP contribution < -0.4 is 10.1 Å². The van der Waals surface area contributed by atoms with Gasteiger partial charge in [0.1, 0.15) is 11.9 Å². The summed E-state index contributed by atoms with van der Waals surface area (Å²) in [4.78, 5) is 16.6. The molecule has 0 radical (unpaired) electrons. The third-order valence-electron chi connectivity index (χ3n) is 4.26. The van der Waals surface area contributed by atoms with Gasteiger partial charge in [-0.1, -0.05) is 18.2 Å². The molecule has 126 valence electrons. The molecule has 0 saturated heterocycles. The molecule has 3 heterocycles. The number of hydrogen-bond acceptors (Lipinski definition) is 4. The summed E-state index contributed by atoms with van der Waals surface area (Å²) in [5.41, 5.74) is 3.23. The van der Waals surface area contributed by atoms with Crippen LogP contribution in [0.15, 0.2) is 55.0 Å². The Bertz CT molecular complexity index is 880. The van der Waals surface area contributed by atoms with E-state index in [4.69, 9.17) is 4.74 Å². The molecule has 1 aromatic carbocycles. The van der Waals surface area contributed by atoms with Crippen molar-refractivity contribution in [3.8, 4) is 11.4 Å². The summed E-state index contributed by atoms with van der Waals surface area (Å²) in [7, 11) is 0. The average Bonchev–Trinajstić information content (AvgIpc) is 3.23. The van der Waals surface area contributed by atoms with Crippen molar-refractivity contribution in [1.82, 2.24) is 20.1 Å². The van der Waals surface area contributed by atoms with Crippen molar-refractivity contribution in [3.05, 3.63) is 71.8 Å². The van der Waals surface area contributed by atoms with Crippen molar-refractivity contribution >= 4 is 5.91 Å². The third-order valence-corrected chi connectivity index (χ3v) is 4.26. The molecule has 0 aliphatic carbocycles. The Labute approximate surface area is 145 Å². The summed E-state index contributed by atoms with van der Waals surface area (Å²) in [6.07, 6.45) is 5.91. The van der Waals surface area contributed by atoms with Gasteiger partial charge in [-0.05, 0) is 30.7 Å². The van der Waals surface area contributed by atoms with E-state index < -0.39 is 0 Å². The molecule has 0 fully saturated rings. The van der Waals surface area contributed by atoms with Crippen molar-refractivity contribution < 1.29 is 9.53 Å². The van der Waals surface area contributed by atoms with Crippen LogP contribution in [-0.2, 0) is 6.42 Å². The van der Waals surface area contributed by atoms with E-state index in [1.807, 2.05) is 37.3 Å². The number of hydrogen-bond donors (Lipinski definition) is 1. The van der Waals surface area contributed by atoms with Gasteiger partial charge in [0.2, 0.25) is 0 Å². The lowest BCUT2D eigenvalue weighted by molar-refractivity contribution is 0.0933. The second-order valence-corrected chi connectivity index (χ2v) is 6.05. The molecule has 3 aromatic rings. The SMILES string of the molecule is Cc1nn(-c2cccnc2)cc1C(=O)NCC1Cc2ccccc2O1. The van der Waals surface area contributed by atoms with Gasteiger partial charge in [0, 0.05) is 18.8 Å². The first-order chi connectivity index (χ1) is 12.2. The summed E-state index contributed by atoms with van der Waals surface area (Å²) in [6, 6.07) is 11.7. The van der Waals surface area contributed by atoms with Gasteiger partial charge in [0.15, 0.2) is 0 Å². The Morgan fingerprint density at radius 2 is 2.20 bits per heavy atom. The number of nitrogens with one attached hydrogen (secondary N) is 1. The van der Waals surface area contributed by atoms with Gasteiger partial charge in [-0.25, -0.2) is 4.68 Å². The van der Waals surface area contributed by atoms with Crippen LogP contribution in [0.25, 0.3) is 5.69 Å². The Hall–Kier alpha value is -3.15. The van der Waals surface area contributed by atoms with Crippen molar-refractivity contribution in [1.29, 1.82) is 0 Å². The minimum Gasteiger partial charge on any atom is -0.488 e. The third kappa shape index (κ3) is 3.10. The minimum absolute atomic E-state index is 0.0324.